The summed E-state index contributed by atoms with van der Waals surface area (Å²) in [5.74, 6) is 0.312. The van der Waals surface area contributed by atoms with Crippen LogP contribution >= 0.6 is 28.1 Å². The molecule has 0 bridgehead atoms. The molecule has 0 fully saturated rings. The molecule has 1 amide bonds. The van der Waals surface area contributed by atoms with Crippen molar-refractivity contribution in [3.63, 3.8) is 0 Å². The Morgan fingerprint density at radius 1 is 1.24 bits per heavy atom. The van der Waals surface area contributed by atoms with E-state index in [2.05, 4.69) is 32.1 Å². The number of rotatable bonds is 3. The summed E-state index contributed by atoms with van der Waals surface area (Å²) in [6.45, 7) is 7.59. The van der Waals surface area contributed by atoms with Crippen LogP contribution in [0.25, 0.3) is 0 Å². The summed E-state index contributed by atoms with van der Waals surface area (Å²) < 4.78 is 6.48. The van der Waals surface area contributed by atoms with Crippen molar-refractivity contribution in [3.05, 3.63) is 28.7 Å². The molecule has 0 aromatic heterocycles. The van der Waals surface area contributed by atoms with Gasteiger partial charge in [0.15, 0.2) is 11.2 Å². The van der Waals surface area contributed by atoms with Gasteiger partial charge in [-0.25, -0.2) is 0 Å². The molecule has 7 heteroatoms. The quantitative estimate of drug-likeness (QED) is 0.561. The van der Waals surface area contributed by atoms with Gasteiger partial charge in [0.1, 0.15) is 5.75 Å². The van der Waals surface area contributed by atoms with Gasteiger partial charge in [0.2, 0.25) is 0 Å². The largest absolute Gasteiger partial charge is 0.481 e. The minimum Gasteiger partial charge on any atom is -0.481 e. The zero-order chi connectivity index (χ0) is 16.0. The van der Waals surface area contributed by atoms with E-state index >= 15 is 0 Å². The summed E-state index contributed by atoms with van der Waals surface area (Å²) in [6, 6.07) is 7.27. The zero-order valence-electron chi connectivity index (χ0n) is 12.5. The lowest BCUT2D eigenvalue weighted by Gasteiger charge is -2.23. The molecule has 0 unspecified atom stereocenters. The highest BCUT2D eigenvalue weighted by Gasteiger charge is 2.16. The molecule has 0 aliphatic heterocycles. The Kier molecular flexibility index (Phi) is 6.42. The van der Waals surface area contributed by atoms with Crippen molar-refractivity contribution in [1.82, 2.24) is 16.2 Å². The van der Waals surface area contributed by atoms with Gasteiger partial charge in [0.25, 0.3) is 5.91 Å². The normalized spacial score (nSPS) is 12.2. The molecule has 0 saturated heterocycles. The van der Waals surface area contributed by atoms with Crippen LogP contribution < -0.4 is 20.9 Å². The molecular formula is C14H20BrN3O2S. The molecule has 21 heavy (non-hydrogen) atoms. The Balaban J connectivity index is 2.41. The first-order valence-electron chi connectivity index (χ1n) is 6.47. The maximum atomic E-state index is 11.9. The minimum atomic E-state index is -0.642. The molecule has 0 aliphatic carbocycles. The predicted octanol–water partition coefficient (Wildman–Crippen LogP) is 2.51. The Bertz CT molecular complexity index is 500. The molecular weight excluding hydrogens is 354 g/mol. The topological polar surface area (TPSA) is 62.4 Å². The number of hydrazine groups is 1. The van der Waals surface area contributed by atoms with Crippen LogP contribution in [0.2, 0.25) is 0 Å². The van der Waals surface area contributed by atoms with Crippen LogP contribution in [0.1, 0.15) is 27.7 Å². The SMILES string of the molecule is C[C@H](Oc1ccc(Br)cc1)C(=O)NNC(=S)NC(C)(C)C. The summed E-state index contributed by atoms with van der Waals surface area (Å²) in [5, 5.41) is 3.38. The van der Waals surface area contributed by atoms with E-state index in [4.69, 9.17) is 17.0 Å². The van der Waals surface area contributed by atoms with E-state index < -0.39 is 6.10 Å². The fraction of sp³-hybridized carbons (Fsp3) is 0.429. The lowest BCUT2D eigenvalue weighted by molar-refractivity contribution is -0.127. The summed E-state index contributed by atoms with van der Waals surface area (Å²) in [6.07, 6.45) is -0.642. The fourth-order valence-corrected chi connectivity index (χ4v) is 1.98. The van der Waals surface area contributed by atoms with E-state index in [9.17, 15) is 4.79 Å². The number of nitrogens with one attached hydrogen (secondary N) is 3. The first-order valence-corrected chi connectivity index (χ1v) is 7.68. The molecule has 0 heterocycles. The van der Waals surface area contributed by atoms with Crippen LogP contribution in [0.5, 0.6) is 5.75 Å². The fourth-order valence-electron chi connectivity index (χ4n) is 1.36. The van der Waals surface area contributed by atoms with Crippen molar-refractivity contribution in [3.8, 4) is 5.75 Å². The number of hydrogen-bond donors (Lipinski definition) is 3. The Morgan fingerprint density at radius 3 is 2.33 bits per heavy atom. The maximum absolute atomic E-state index is 11.9. The standard InChI is InChI=1S/C14H20BrN3O2S/c1-9(20-11-7-5-10(15)6-8-11)12(19)17-18-13(21)16-14(2,3)4/h5-9H,1-4H3,(H,17,19)(H2,16,18,21)/t9-/m0/s1. The van der Waals surface area contributed by atoms with Gasteiger partial charge in [-0.2, -0.15) is 0 Å². The molecule has 1 aromatic rings. The van der Waals surface area contributed by atoms with Gasteiger partial charge in [-0.15, -0.1) is 0 Å². The molecule has 0 spiro atoms. The van der Waals surface area contributed by atoms with E-state index in [1.165, 1.54) is 0 Å². The molecule has 0 aliphatic rings. The highest BCUT2D eigenvalue weighted by molar-refractivity contribution is 9.10. The third kappa shape index (κ3) is 7.29. The van der Waals surface area contributed by atoms with Crippen molar-refractivity contribution < 1.29 is 9.53 Å². The van der Waals surface area contributed by atoms with Crippen molar-refractivity contribution in [2.75, 3.05) is 0 Å². The lowest BCUT2D eigenvalue weighted by atomic mass is 10.1. The molecule has 1 atom stereocenters. The summed E-state index contributed by atoms with van der Waals surface area (Å²) >= 11 is 8.41. The number of carbonyl (C=O) groups excluding carboxylic acids is 1. The first kappa shape index (κ1) is 17.7. The Morgan fingerprint density at radius 2 is 1.81 bits per heavy atom. The van der Waals surface area contributed by atoms with Crippen molar-refractivity contribution in [2.24, 2.45) is 0 Å². The van der Waals surface area contributed by atoms with Gasteiger partial charge in [-0.05, 0) is 64.2 Å². The second kappa shape index (κ2) is 7.61. The first-order chi connectivity index (χ1) is 9.67. The van der Waals surface area contributed by atoms with Gasteiger partial charge in [0, 0.05) is 10.0 Å². The number of ether oxygens (including phenoxy) is 1. The average molecular weight is 374 g/mol. The third-order valence-corrected chi connectivity index (χ3v) is 3.02. The van der Waals surface area contributed by atoms with Gasteiger partial charge in [-0.3, -0.25) is 15.6 Å². The number of hydrogen-bond acceptors (Lipinski definition) is 3. The number of thiocarbonyl (C=S) groups is 1. The summed E-state index contributed by atoms with van der Waals surface area (Å²) in [5.41, 5.74) is 4.99. The van der Waals surface area contributed by atoms with Crippen LogP contribution in [0, 0.1) is 0 Å². The van der Waals surface area contributed by atoms with Crippen molar-refractivity contribution >= 4 is 39.2 Å². The second-order valence-electron chi connectivity index (χ2n) is 5.53. The number of amides is 1. The van der Waals surface area contributed by atoms with Crippen LogP contribution in [0.15, 0.2) is 28.7 Å². The van der Waals surface area contributed by atoms with Gasteiger partial charge in [0.05, 0.1) is 0 Å². The molecule has 116 valence electrons. The zero-order valence-corrected chi connectivity index (χ0v) is 14.9. The monoisotopic (exact) mass is 373 g/mol. The smallest absolute Gasteiger partial charge is 0.279 e. The molecule has 0 radical (unpaired) electrons. The average Bonchev–Trinajstić information content (AvgIpc) is 2.36. The minimum absolute atomic E-state index is 0.172. The van der Waals surface area contributed by atoms with E-state index in [1.54, 1.807) is 19.1 Å². The van der Waals surface area contributed by atoms with Crippen LogP contribution in [0.3, 0.4) is 0 Å². The van der Waals surface area contributed by atoms with Gasteiger partial charge >= 0.3 is 0 Å². The number of carbonyl (C=O) groups is 1. The summed E-state index contributed by atoms with van der Waals surface area (Å²) in [4.78, 5) is 11.9. The van der Waals surface area contributed by atoms with E-state index in [0.717, 1.165) is 4.47 Å². The third-order valence-electron chi connectivity index (χ3n) is 2.28. The van der Waals surface area contributed by atoms with Crippen molar-refractivity contribution in [2.45, 2.75) is 39.3 Å². The number of benzene rings is 1. The molecule has 3 N–H and O–H groups in total. The molecule has 5 nitrogen and oxygen atoms in total. The van der Waals surface area contributed by atoms with Gasteiger partial charge in [-0.1, -0.05) is 15.9 Å². The Labute approximate surface area is 138 Å². The lowest BCUT2D eigenvalue weighted by Crippen LogP contribution is -2.54. The predicted molar refractivity (Wildman–Crippen MR) is 91.0 cm³/mol. The van der Waals surface area contributed by atoms with Crippen LogP contribution in [0.4, 0.5) is 0 Å². The van der Waals surface area contributed by atoms with Gasteiger partial charge < -0.3 is 10.1 Å². The number of halogens is 1. The highest BCUT2D eigenvalue weighted by atomic mass is 79.9. The van der Waals surface area contributed by atoms with Crippen molar-refractivity contribution in [1.29, 1.82) is 0 Å². The maximum Gasteiger partial charge on any atom is 0.279 e. The molecule has 1 aromatic carbocycles. The molecule has 1 rings (SSSR count). The molecule has 0 saturated carbocycles. The van der Waals surface area contributed by atoms with Crippen LogP contribution in [-0.2, 0) is 4.79 Å². The van der Waals surface area contributed by atoms with E-state index in [0.29, 0.717) is 10.9 Å². The summed E-state index contributed by atoms with van der Waals surface area (Å²) in [7, 11) is 0. The van der Waals surface area contributed by atoms with Crippen LogP contribution in [-0.4, -0.2) is 22.7 Å². The second-order valence-corrected chi connectivity index (χ2v) is 6.86. The van der Waals surface area contributed by atoms with E-state index in [-0.39, 0.29) is 11.4 Å². The van der Waals surface area contributed by atoms with E-state index in [1.807, 2.05) is 32.9 Å². The Hall–Kier alpha value is -1.34. The highest BCUT2D eigenvalue weighted by Crippen LogP contribution is 2.17.